The maximum Gasteiger partial charge on any atom is 0.304 e. The van der Waals surface area contributed by atoms with Crippen LogP contribution in [0.25, 0.3) is 22.4 Å². The van der Waals surface area contributed by atoms with Crippen LogP contribution in [0.5, 0.6) is 0 Å². The van der Waals surface area contributed by atoms with Crippen LogP contribution in [0, 0.1) is 17.7 Å². The van der Waals surface area contributed by atoms with Gasteiger partial charge in [-0.25, -0.2) is 12.8 Å². The molecular formula is C22H20FN3O6S. The second-order valence-electron chi connectivity index (χ2n) is 7.03. The van der Waals surface area contributed by atoms with Crippen molar-refractivity contribution < 1.29 is 31.9 Å². The van der Waals surface area contributed by atoms with Crippen LogP contribution in [0.2, 0.25) is 0 Å². The molecule has 1 amide bonds. The van der Waals surface area contributed by atoms with Crippen LogP contribution in [0.3, 0.4) is 0 Å². The molecule has 0 saturated heterocycles. The number of aromatic nitrogens is 1. The van der Waals surface area contributed by atoms with Crippen molar-refractivity contribution in [3.63, 3.8) is 0 Å². The number of carboxylic acid groups (broad SMARTS) is 1. The summed E-state index contributed by atoms with van der Waals surface area (Å²) < 4.78 is 44.4. The molecule has 2 aromatic heterocycles. The van der Waals surface area contributed by atoms with Crippen LogP contribution >= 0.6 is 0 Å². The van der Waals surface area contributed by atoms with Gasteiger partial charge in [0.15, 0.2) is 5.82 Å². The summed E-state index contributed by atoms with van der Waals surface area (Å²) in [6.45, 7) is 0. The minimum atomic E-state index is -3.73. The predicted octanol–water partition coefficient (Wildman–Crippen LogP) is 2.61. The first-order valence-corrected chi connectivity index (χ1v) is 11.5. The molecular weight excluding hydrogens is 453 g/mol. The molecule has 0 aliphatic heterocycles. The van der Waals surface area contributed by atoms with Crippen LogP contribution in [0.15, 0.2) is 34.7 Å². The highest BCUT2D eigenvalue weighted by Crippen LogP contribution is 2.35. The molecule has 0 fully saturated rings. The summed E-state index contributed by atoms with van der Waals surface area (Å²) in [5.74, 6) is 3.53. The van der Waals surface area contributed by atoms with Crippen molar-refractivity contribution in [2.75, 3.05) is 24.7 Å². The van der Waals surface area contributed by atoms with Gasteiger partial charge in [0.05, 0.1) is 29.2 Å². The molecule has 172 valence electrons. The summed E-state index contributed by atoms with van der Waals surface area (Å²) in [5, 5.41) is 11.6. The van der Waals surface area contributed by atoms with Gasteiger partial charge in [-0.2, -0.15) is 4.98 Å². The van der Waals surface area contributed by atoms with Crippen molar-refractivity contribution in [1.29, 1.82) is 0 Å². The normalized spacial score (nSPS) is 11.0. The fourth-order valence-electron chi connectivity index (χ4n) is 2.99. The molecule has 11 heteroatoms. The number of hydrogen-bond acceptors (Lipinski definition) is 6. The second-order valence-corrected chi connectivity index (χ2v) is 9.04. The zero-order valence-electron chi connectivity index (χ0n) is 18.0. The Kier molecular flexibility index (Phi) is 6.69. The van der Waals surface area contributed by atoms with Crippen molar-refractivity contribution in [2.24, 2.45) is 0 Å². The highest BCUT2D eigenvalue weighted by molar-refractivity contribution is 7.92. The molecule has 0 atom stereocenters. The SMILES string of the molecule is CNC(=O)c1c(-c2ccc(F)cc2)oc2nc(N(C)S(C)(=O)=O)c(C#CCCC(=O)O)cc12. The maximum atomic E-state index is 13.4. The van der Waals surface area contributed by atoms with E-state index in [0.29, 0.717) is 5.56 Å². The van der Waals surface area contributed by atoms with E-state index in [0.717, 1.165) is 10.6 Å². The van der Waals surface area contributed by atoms with Crippen molar-refractivity contribution in [1.82, 2.24) is 10.3 Å². The van der Waals surface area contributed by atoms with Gasteiger partial charge in [-0.05, 0) is 30.3 Å². The Bertz CT molecular complexity index is 1400. The number of carbonyl (C=O) groups is 2. The molecule has 0 aliphatic rings. The highest BCUT2D eigenvalue weighted by Gasteiger charge is 2.26. The Morgan fingerprint density at radius 2 is 1.94 bits per heavy atom. The number of amides is 1. The number of benzene rings is 1. The molecule has 0 bridgehead atoms. The Balaban J connectivity index is 2.30. The lowest BCUT2D eigenvalue weighted by molar-refractivity contribution is -0.136. The number of furan rings is 1. The zero-order chi connectivity index (χ0) is 24.3. The molecule has 3 aromatic rings. The van der Waals surface area contributed by atoms with E-state index in [-0.39, 0.29) is 46.6 Å². The van der Waals surface area contributed by atoms with Gasteiger partial charge in [0.2, 0.25) is 15.7 Å². The number of fused-ring (bicyclic) bond motifs is 1. The number of carbonyl (C=O) groups excluding carboxylic acids is 1. The summed E-state index contributed by atoms with van der Waals surface area (Å²) in [6.07, 6.45) is 0.830. The van der Waals surface area contributed by atoms with E-state index in [4.69, 9.17) is 9.52 Å². The van der Waals surface area contributed by atoms with Gasteiger partial charge in [0, 0.05) is 26.1 Å². The molecule has 2 N–H and O–H groups in total. The first-order chi connectivity index (χ1) is 15.5. The summed E-state index contributed by atoms with van der Waals surface area (Å²) in [5.41, 5.74) is 0.681. The summed E-state index contributed by atoms with van der Waals surface area (Å²) in [7, 11) is -1.01. The topological polar surface area (TPSA) is 130 Å². The van der Waals surface area contributed by atoms with Gasteiger partial charge in [-0.15, -0.1) is 0 Å². The third-order valence-electron chi connectivity index (χ3n) is 4.71. The summed E-state index contributed by atoms with van der Waals surface area (Å²) in [6, 6.07) is 6.77. The van der Waals surface area contributed by atoms with Crippen molar-refractivity contribution in [3.05, 3.63) is 47.3 Å². The fraction of sp³-hybridized carbons (Fsp3) is 0.227. The molecule has 33 heavy (non-hydrogen) atoms. The number of aliphatic carboxylic acids is 1. The van der Waals surface area contributed by atoms with Gasteiger partial charge in [-0.1, -0.05) is 11.8 Å². The van der Waals surface area contributed by atoms with E-state index >= 15 is 0 Å². The number of carboxylic acids is 1. The van der Waals surface area contributed by atoms with E-state index < -0.39 is 27.7 Å². The zero-order valence-corrected chi connectivity index (χ0v) is 18.8. The summed E-state index contributed by atoms with van der Waals surface area (Å²) in [4.78, 5) is 27.8. The number of halogens is 1. The Morgan fingerprint density at radius 1 is 1.27 bits per heavy atom. The molecule has 2 heterocycles. The van der Waals surface area contributed by atoms with Crippen molar-refractivity contribution in [2.45, 2.75) is 12.8 Å². The van der Waals surface area contributed by atoms with Crippen LogP contribution in [0.4, 0.5) is 10.2 Å². The minimum Gasteiger partial charge on any atom is -0.481 e. The van der Waals surface area contributed by atoms with E-state index in [1.165, 1.54) is 44.4 Å². The van der Waals surface area contributed by atoms with Crippen molar-refractivity contribution in [3.8, 4) is 23.2 Å². The average Bonchev–Trinajstić information content (AvgIpc) is 3.13. The highest BCUT2D eigenvalue weighted by atomic mass is 32.2. The number of nitrogens with one attached hydrogen (secondary N) is 1. The smallest absolute Gasteiger partial charge is 0.304 e. The van der Waals surface area contributed by atoms with Gasteiger partial charge < -0.3 is 14.8 Å². The first kappa shape index (κ1) is 23.7. The number of pyridine rings is 1. The quantitative estimate of drug-likeness (QED) is 0.526. The first-order valence-electron chi connectivity index (χ1n) is 9.63. The van der Waals surface area contributed by atoms with Crippen LogP contribution in [-0.2, 0) is 14.8 Å². The largest absolute Gasteiger partial charge is 0.481 e. The maximum absolute atomic E-state index is 13.4. The monoisotopic (exact) mass is 473 g/mol. The number of nitrogens with zero attached hydrogens (tertiary/aromatic N) is 2. The molecule has 0 saturated carbocycles. The molecule has 9 nitrogen and oxygen atoms in total. The Morgan fingerprint density at radius 3 is 2.52 bits per heavy atom. The summed E-state index contributed by atoms with van der Waals surface area (Å²) >= 11 is 0. The van der Waals surface area contributed by atoms with Crippen LogP contribution in [-0.4, -0.2) is 50.7 Å². The average molecular weight is 473 g/mol. The van der Waals surface area contributed by atoms with E-state index in [1.807, 2.05) is 0 Å². The van der Waals surface area contributed by atoms with E-state index in [9.17, 15) is 22.4 Å². The second kappa shape index (κ2) is 9.30. The minimum absolute atomic E-state index is 0.0190. The van der Waals surface area contributed by atoms with Crippen LogP contribution in [0.1, 0.15) is 28.8 Å². The molecule has 3 rings (SSSR count). The van der Waals surface area contributed by atoms with E-state index in [1.54, 1.807) is 0 Å². The van der Waals surface area contributed by atoms with Gasteiger partial charge in [-0.3, -0.25) is 13.9 Å². The lowest BCUT2D eigenvalue weighted by Gasteiger charge is -2.16. The Hall–Kier alpha value is -3.91. The number of sulfonamides is 1. The molecule has 0 spiro atoms. The third-order valence-corrected chi connectivity index (χ3v) is 5.87. The molecule has 0 aliphatic carbocycles. The van der Waals surface area contributed by atoms with Gasteiger partial charge >= 0.3 is 5.97 Å². The molecule has 0 radical (unpaired) electrons. The fourth-order valence-corrected chi connectivity index (χ4v) is 3.44. The Labute approximate surface area is 189 Å². The number of rotatable bonds is 6. The van der Waals surface area contributed by atoms with Gasteiger partial charge in [0.25, 0.3) is 5.91 Å². The van der Waals surface area contributed by atoms with Gasteiger partial charge in [0.1, 0.15) is 11.6 Å². The lowest BCUT2D eigenvalue weighted by atomic mass is 10.0. The standard InChI is InChI=1S/C22H20FN3O6S/c1-24-21(29)18-16-12-14(6-4-5-7-17(27)28)20(26(2)33(3,30)31)25-22(16)32-19(18)13-8-10-15(23)11-9-13/h8-12H,5,7H2,1-3H3,(H,24,29)(H,27,28). The molecule has 1 aromatic carbocycles. The van der Waals surface area contributed by atoms with Crippen molar-refractivity contribution >= 4 is 38.8 Å². The number of hydrogen-bond donors (Lipinski definition) is 2. The van der Waals surface area contributed by atoms with Crippen LogP contribution < -0.4 is 9.62 Å². The predicted molar refractivity (Wildman–Crippen MR) is 120 cm³/mol. The molecule has 0 unspecified atom stereocenters. The van der Waals surface area contributed by atoms with E-state index in [2.05, 4.69) is 22.1 Å². The third kappa shape index (κ3) is 5.12. The number of anilines is 1. The lowest BCUT2D eigenvalue weighted by Crippen LogP contribution is -2.26.